The lowest BCUT2D eigenvalue weighted by molar-refractivity contribution is -0.134. The number of pyridine rings is 1. The summed E-state index contributed by atoms with van der Waals surface area (Å²) in [6.07, 6.45) is 7.84. The van der Waals surface area contributed by atoms with E-state index in [1.165, 1.54) is 11.1 Å². The monoisotopic (exact) mass is 336 g/mol. The lowest BCUT2D eigenvalue weighted by Crippen LogP contribution is -2.36. The zero-order valence-electron chi connectivity index (χ0n) is 14.4. The maximum absolute atomic E-state index is 13.2. The normalized spacial score (nSPS) is 24.0. The summed E-state index contributed by atoms with van der Waals surface area (Å²) in [5.41, 5.74) is 3.83. The van der Waals surface area contributed by atoms with Crippen LogP contribution in [0, 0.1) is 5.92 Å². The lowest BCUT2D eigenvalue weighted by atomic mass is 9.78. The molecule has 1 spiro atoms. The molecule has 1 aromatic heterocycles. The van der Waals surface area contributed by atoms with Crippen LogP contribution in [0.1, 0.15) is 36.0 Å². The van der Waals surface area contributed by atoms with Crippen molar-refractivity contribution in [1.82, 2.24) is 9.88 Å². The first-order chi connectivity index (χ1) is 12.2. The van der Waals surface area contributed by atoms with Gasteiger partial charge in [0.25, 0.3) is 0 Å². The second-order valence-corrected chi connectivity index (χ2v) is 7.27. The van der Waals surface area contributed by atoms with E-state index in [2.05, 4.69) is 29.2 Å². The largest absolute Gasteiger partial charge is 0.395 e. The Morgan fingerprint density at radius 2 is 2.16 bits per heavy atom. The van der Waals surface area contributed by atoms with E-state index in [0.717, 1.165) is 31.2 Å². The van der Waals surface area contributed by atoms with Gasteiger partial charge in [-0.3, -0.25) is 9.78 Å². The molecule has 2 aliphatic rings. The molecule has 2 aromatic rings. The van der Waals surface area contributed by atoms with Gasteiger partial charge in [0.1, 0.15) is 0 Å². The van der Waals surface area contributed by atoms with Crippen LogP contribution in [0.4, 0.5) is 0 Å². The fourth-order valence-electron chi connectivity index (χ4n) is 4.48. The number of fused-ring (bicyclic) bond motifs is 2. The van der Waals surface area contributed by atoms with Crippen LogP contribution in [0.25, 0.3) is 0 Å². The molecule has 0 saturated heterocycles. The fraction of sp³-hybridized carbons (Fsp3) is 0.429. The van der Waals surface area contributed by atoms with Crippen LogP contribution in [0.15, 0.2) is 48.8 Å². The third kappa shape index (κ3) is 2.95. The van der Waals surface area contributed by atoms with Crippen LogP contribution < -0.4 is 0 Å². The number of benzene rings is 1. The molecule has 130 valence electrons. The molecule has 0 unspecified atom stereocenters. The maximum atomic E-state index is 13.2. The number of rotatable bonds is 5. The molecule has 1 amide bonds. The summed E-state index contributed by atoms with van der Waals surface area (Å²) in [5, 5.41) is 9.42. The Bertz CT molecular complexity index is 762. The van der Waals surface area contributed by atoms with Gasteiger partial charge in [-0.15, -0.1) is 0 Å². The van der Waals surface area contributed by atoms with Gasteiger partial charge in [-0.05, 0) is 48.4 Å². The van der Waals surface area contributed by atoms with Gasteiger partial charge >= 0.3 is 0 Å². The average molecular weight is 336 g/mol. The molecule has 0 aliphatic heterocycles. The molecule has 2 aliphatic carbocycles. The van der Waals surface area contributed by atoms with Crippen LogP contribution in [-0.4, -0.2) is 34.0 Å². The summed E-state index contributed by atoms with van der Waals surface area (Å²) in [4.78, 5) is 19.1. The van der Waals surface area contributed by atoms with Crippen LogP contribution in [0.2, 0.25) is 0 Å². The van der Waals surface area contributed by atoms with Gasteiger partial charge in [0.2, 0.25) is 5.91 Å². The van der Waals surface area contributed by atoms with Crippen molar-refractivity contribution < 1.29 is 9.90 Å². The SMILES string of the molecule is O=C([C@H]1C[C@]12CCCc1ccccc12)N(CCO)Cc1cccnc1. The molecule has 4 nitrogen and oxygen atoms in total. The molecule has 1 N–H and O–H groups in total. The number of carbonyl (C=O) groups is 1. The number of hydrogen-bond acceptors (Lipinski definition) is 3. The second kappa shape index (κ2) is 6.60. The first-order valence-electron chi connectivity index (χ1n) is 9.11. The van der Waals surface area contributed by atoms with E-state index in [4.69, 9.17) is 0 Å². The third-order valence-corrected chi connectivity index (χ3v) is 5.77. The number of amides is 1. The Kier molecular flexibility index (Phi) is 4.30. The number of aliphatic hydroxyl groups is 1. The molecular formula is C21H24N2O2. The molecule has 4 rings (SSSR count). The van der Waals surface area contributed by atoms with Crippen molar-refractivity contribution in [3.63, 3.8) is 0 Å². The van der Waals surface area contributed by atoms with Crippen molar-refractivity contribution in [2.75, 3.05) is 13.2 Å². The second-order valence-electron chi connectivity index (χ2n) is 7.27. The van der Waals surface area contributed by atoms with Crippen LogP contribution in [0.5, 0.6) is 0 Å². The summed E-state index contributed by atoms with van der Waals surface area (Å²) >= 11 is 0. The Morgan fingerprint density at radius 1 is 1.28 bits per heavy atom. The van der Waals surface area contributed by atoms with E-state index in [9.17, 15) is 9.90 Å². The molecule has 1 aromatic carbocycles. The predicted octanol–water partition coefficient (Wildman–Crippen LogP) is 2.70. The smallest absolute Gasteiger partial charge is 0.226 e. The summed E-state index contributed by atoms with van der Waals surface area (Å²) < 4.78 is 0. The highest BCUT2D eigenvalue weighted by Crippen LogP contribution is 2.60. The van der Waals surface area contributed by atoms with Crippen LogP contribution in [0.3, 0.4) is 0 Å². The molecule has 4 heteroatoms. The van der Waals surface area contributed by atoms with E-state index in [0.29, 0.717) is 13.1 Å². The zero-order valence-corrected chi connectivity index (χ0v) is 14.4. The van der Waals surface area contributed by atoms with E-state index in [-0.39, 0.29) is 23.8 Å². The molecule has 1 fully saturated rings. The van der Waals surface area contributed by atoms with Crippen molar-refractivity contribution in [3.05, 3.63) is 65.5 Å². The average Bonchev–Trinajstić information content (AvgIpc) is 3.37. The van der Waals surface area contributed by atoms with E-state index < -0.39 is 0 Å². The summed E-state index contributed by atoms with van der Waals surface area (Å²) in [7, 11) is 0. The van der Waals surface area contributed by atoms with Gasteiger partial charge in [0.15, 0.2) is 0 Å². The molecule has 1 saturated carbocycles. The molecule has 0 bridgehead atoms. The zero-order chi connectivity index (χ0) is 17.3. The number of hydrogen-bond donors (Lipinski definition) is 1. The van der Waals surface area contributed by atoms with Crippen LogP contribution >= 0.6 is 0 Å². The Labute approximate surface area is 148 Å². The Morgan fingerprint density at radius 3 is 2.96 bits per heavy atom. The minimum absolute atomic E-state index is 0.0116. The molecule has 2 atom stereocenters. The van der Waals surface area contributed by atoms with Gasteiger partial charge < -0.3 is 10.0 Å². The molecule has 0 radical (unpaired) electrons. The standard InChI is InChI=1S/C21H24N2O2/c24-12-11-23(15-16-5-4-10-22-14-16)20(25)19-13-21(19)9-3-7-17-6-1-2-8-18(17)21/h1-2,4-6,8,10,14,19,24H,3,7,9,11-13,15H2/t19-,21+/m1/s1. The van der Waals surface area contributed by atoms with Crippen molar-refractivity contribution in [2.45, 2.75) is 37.6 Å². The highest BCUT2D eigenvalue weighted by Gasteiger charge is 2.60. The van der Waals surface area contributed by atoms with Crippen molar-refractivity contribution in [1.29, 1.82) is 0 Å². The summed E-state index contributed by atoms with van der Waals surface area (Å²) in [5.74, 6) is 0.228. The molecule has 1 heterocycles. The third-order valence-electron chi connectivity index (χ3n) is 5.77. The number of aliphatic hydroxyl groups excluding tert-OH is 1. The van der Waals surface area contributed by atoms with Gasteiger partial charge in [-0.2, -0.15) is 0 Å². The van der Waals surface area contributed by atoms with Gasteiger partial charge in [0.05, 0.1) is 6.61 Å². The van der Waals surface area contributed by atoms with Crippen molar-refractivity contribution in [2.24, 2.45) is 5.92 Å². The lowest BCUT2D eigenvalue weighted by Gasteiger charge is -2.28. The number of aromatic nitrogens is 1. The topological polar surface area (TPSA) is 53.4 Å². The highest BCUT2D eigenvalue weighted by atomic mass is 16.3. The van der Waals surface area contributed by atoms with Gasteiger partial charge in [-0.1, -0.05) is 30.3 Å². The summed E-state index contributed by atoms with van der Waals surface area (Å²) in [6.45, 7) is 0.881. The van der Waals surface area contributed by atoms with Crippen molar-refractivity contribution in [3.8, 4) is 0 Å². The summed E-state index contributed by atoms with van der Waals surface area (Å²) in [6, 6.07) is 12.5. The number of carbonyl (C=O) groups excluding carboxylic acids is 1. The fourth-order valence-corrected chi connectivity index (χ4v) is 4.48. The van der Waals surface area contributed by atoms with Gasteiger partial charge in [-0.25, -0.2) is 0 Å². The van der Waals surface area contributed by atoms with E-state index in [1.807, 2.05) is 12.1 Å². The first kappa shape index (κ1) is 16.3. The quantitative estimate of drug-likeness (QED) is 0.913. The number of aryl methyl sites for hydroxylation is 1. The van der Waals surface area contributed by atoms with E-state index >= 15 is 0 Å². The van der Waals surface area contributed by atoms with Gasteiger partial charge in [0, 0.05) is 36.8 Å². The minimum atomic E-state index is -0.0116. The van der Waals surface area contributed by atoms with Crippen molar-refractivity contribution >= 4 is 5.91 Å². The Balaban J connectivity index is 1.55. The maximum Gasteiger partial charge on any atom is 0.226 e. The predicted molar refractivity (Wildman–Crippen MR) is 95.9 cm³/mol. The highest BCUT2D eigenvalue weighted by molar-refractivity contribution is 5.85. The Hall–Kier alpha value is -2.20. The number of nitrogens with zero attached hydrogens (tertiary/aromatic N) is 2. The molecule has 25 heavy (non-hydrogen) atoms. The van der Waals surface area contributed by atoms with E-state index in [1.54, 1.807) is 17.3 Å². The first-order valence-corrected chi connectivity index (χ1v) is 9.11. The van der Waals surface area contributed by atoms with Crippen LogP contribution in [-0.2, 0) is 23.2 Å². The minimum Gasteiger partial charge on any atom is -0.395 e. The molecular weight excluding hydrogens is 312 g/mol.